The number of hydrogen-bond acceptors (Lipinski definition) is 2. The van der Waals surface area contributed by atoms with Crippen LogP contribution in [0.15, 0.2) is 18.2 Å². The molecule has 1 atom stereocenters. The van der Waals surface area contributed by atoms with Gasteiger partial charge in [-0.15, -0.1) is 0 Å². The normalized spacial score (nSPS) is 12.4. The van der Waals surface area contributed by atoms with E-state index in [-0.39, 0.29) is 0 Å². The van der Waals surface area contributed by atoms with E-state index >= 15 is 0 Å². The second-order valence-corrected chi connectivity index (χ2v) is 5.01. The van der Waals surface area contributed by atoms with Gasteiger partial charge in [-0.25, -0.2) is 0 Å². The van der Waals surface area contributed by atoms with Gasteiger partial charge in [0.1, 0.15) is 5.75 Å². The third kappa shape index (κ3) is 5.09. The molecule has 0 amide bonds. The van der Waals surface area contributed by atoms with Crippen molar-refractivity contribution in [1.29, 1.82) is 0 Å². The molecule has 0 heterocycles. The molecule has 18 heavy (non-hydrogen) atoms. The summed E-state index contributed by atoms with van der Waals surface area (Å²) in [6, 6.07) is 6.44. The van der Waals surface area contributed by atoms with E-state index in [4.69, 9.17) is 4.74 Å². The third-order valence-electron chi connectivity index (χ3n) is 2.98. The summed E-state index contributed by atoms with van der Waals surface area (Å²) >= 11 is 0. The maximum absolute atomic E-state index is 6.03. The number of rotatable bonds is 8. The number of aryl methyl sites for hydroxylation is 1. The van der Waals surface area contributed by atoms with E-state index in [0.29, 0.717) is 6.10 Å². The number of hydrogen-bond donors (Lipinski definition) is 1. The van der Waals surface area contributed by atoms with E-state index in [1.165, 1.54) is 11.1 Å². The first kappa shape index (κ1) is 15.0. The lowest BCUT2D eigenvalue weighted by molar-refractivity contribution is 0.207. The van der Waals surface area contributed by atoms with Crippen LogP contribution in [0.25, 0.3) is 0 Å². The summed E-state index contributed by atoms with van der Waals surface area (Å²) in [5, 5.41) is 3.44. The molecule has 0 aliphatic rings. The topological polar surface area (TPSA) is 21.3 Å². The van der Waals surface area contributed by atoms with Crippen LogP contribution < -0.4 is 10.1 Å². The van der Waals surface area contributed by atoms with Crippen molar-refractivity contribution in [2.24, 2.45) is 0 Å². The van der Waals surface area contributed by atoms with Crippen molar-refractivity contribution in [3.05, 3.63) is 29.3 Å². The average molecular weight is 249 g/mol. The molecule has 0 fully saturated rings. The lowest BCUT2D eigenvalue weighted by Gasteiger charge is -2.18. The van der Waals surface area contributed by atoms with Gasteiger partial charge < -0.3 is 10.1 Å². The number of benzene rings is 1. The SMILES string of the molecule is CCCNCc1cc(C)ccc1OC(C)CCC. The second-order valence-electron chi connectivity index (χ2n) is 5.01. The minimum atomic E-state index is 0.294. The van der Waals surface area contributed by atoms with Crippen LogP contribution >= 0.6 is 0 Å². The molecule has 0 spiro atoms. The molecular formula is C16H27NO. The fraction of sp³-hybridized carbons (Fsp3) is 0.625. The van der Waals surface area contributed by atoms with Crippen LogP contribution in [0, 0.1) is 6.92 Å². The molecule has 2 nitrogen and oxygen atoms in total. The van der Waals surface area contributed by atoms with Crippen molar-refractivity contribution in [2.75, 3.05) is 6.54 Å². The van der Waals surface area contributed by atoms with Crippen molar-refractivity contribution in [3.63, 3.8) is 0 Å². The minimum Gasteiger partial charge on any atom is -0.490 e. The van der Waals surface area contributed by atoms with Gasteiger partial charge in [0.05, 0.1) is 6.10 Å². The van der Waals surface area contributed by atoms with Crippen LogP contribution in [0.1, 0.15) is 51.2 Å². The molecule has 0 aliphatic heterocycles. The smallest absolute Gasteiger partial charge is 0.124 e. The van der Waals surface area contributed by atoms with Gasteiger partial charge >= 0.3 is 0 Å². The van der Waals surface area contributed by atoms with Crippen LogP contribution in [-0.4, -0.2) is 12.6 Å². The molecule has 102 valence electrons. The Kier molecular flexibility index (Phi) is 6.81. The van der Waals surface area contributed by atoms with E-state index in [1.807, 2.05) is 0 Å². The van der Waals surface area contributed by atoms with Gasteiger partial charge in [-0.3, -0.25) is 0 Å². The summed E-state index contributed by atoms with van der Waals surface area (Å²) in [6.45, 7) is 10.6. The molecule has 0 saturated carbocycles. The van der Waals surface area contributed by atoms with Crippen molar-refractivity contribution >= 4 is 0 Å². The first-order valence-electron chi connectivity index (χ1n) is 7.14. The van der Waals surface area contributed by atoms with Gasteiger partial charge in [-0.1, -0.05) is 38.0 Å². The highest BCUT2D eigenvalue weighted by molar-refractivity contribution is 5.37. The van der Waals surface area contributed by atoms with Gasteiger partial charge in [0, 0.05) is 12.1 Å². The molecular weight excluding hydrogens is 222 g/mol. The minimum absolute atomic E-state index is 0.294. The largest absolute Gasteiger partial charge is 0.490 e. The zero-order chi connectivity index (χ0) is 13.4. The Morgan fingerprint density at radius 2 is 2.00 bits per heavy atom. The molecule has 1 aromatic carbocycles. The summed E-state index contributed by atoms with van der Waals surface area (Å²) < 4.78 is 6.03. The van der Waals surface area contributed by atoms with E-state index in [2.05, 4.69) is 51.2 Å². The highest BCUT2D eigenvalue weighted by Gasteiger charge is 2.08. The van der Waals surface area contributed by atoms with Gasteiger partial charge in [0.15, 0.2) is 0 Å². The van der Waals surface area contributed by atoms with Crippen molar-refractivity contribution in [2.45, 2.75) is 59.6 Å². The van der Waals surface area contributed by atoms with Crippen LogP contribution in [0.2, 0.25) is 0 Å². The molecule has 1 rings (SSSR count). The van der Waals surface area contributed by atoms with Gasteiger partial charge in [0.2, 0.25) is 0 Å². The Morgan fingerprint density at radius 3 is 2.67 bits per heavy atom. The van der Waals surface area contributed by atoms with E-state index in [0.717, 1.165) is 38.1 Å². The Balaban J connectivity index is 2.69. The summed E-state index contributed by atoms with van der Waals surface area (Å²) in [4.78, 5) is 0. The van der Waals surface area contributed by atoms with Crippen molar-refractivity contribution in [1.82, 2.24) is 5.32 Å². The van der Waals surface area contributed by atoms with Crippen LogP contribution in [0.5, 0.6) is 5.75 Å². The zero-order valence-electron chi connectivity index (χ0n) is 12.3. The fourth-order valence-corrected chi connectivity index (χ4v) is 2.04. The number of ether oxygens (including phenoxy) is 1. The second kappa shape index (κ2) is 8.15. The zero-order valence-corrected chi connectivity index (χ0v) is 12.3. The summed E-state index contributed by atoms with van der Waals surface area (Å²) in [6.07, 6.45) is 3.73. The highest BCUT2D eigenvalue weighted by Crippen LogP contribution is 2.22. The third-order valence-corrected chi connectivity index (χ3v) is 2.98. The lowest BCUT2D eigenvalue weighted by atomic mass is 10.1. The maximum Gasteiger partial charge on any atom is 0.124 e. The maximum atomic E-state index is 6.03. The summed E-state index contributed by atoms with van der Waals surface area (Å²) in [5.41, 5.74) is 2.56. The molecule has 1 N–H and O–H groups in total. The van der Waals surface area contributed by atoms with Crippen molar-refractivity contribution in [3.8, 4) is 5.75 Å². The first-order chi connectivity index (χ1) is 8.67. The van der Waals surface area contributed by atoms with Crippen molar-refractivity contribution < 1.29 is 4.74 Å². The molecule has 1 aromatic rings. The Hall–Kier alpha value is -1.02. The van der Waals surface area contributed by atoms with E-state index in [1.54, 1.807) is 0 Å². The Labute approximate surface area is 112 Å². The van der Waals surface area contributed by atoms with E-state index in [9.17, 15) is 0 Å². The molecule has 0 bridgehead atoms. The monoisotopic (exact) mass is 249 g/mol. The quantitative estimate of drug-likeness (QED) is 0.701. The standard InChI is InChI=1S/C16H27NO/c1-5-7-14(4)18-16-9-8-13(3)11-15(16)12-17-10-6-2/h8-9,11,14,17H,5-7,10,12H2,1-4H3. The summed E-state index contributed by atoms with van der Waals surface area (Å²) in [5.74, 6) is 1.03. The van der Waals surface area contributed by atoms with E-state index < -0.39 is 0 Å². The van der Waals surface area contributed by atoms with Gasteiger partial charge in [-0.2, -0.15) is 0 Å². The summed E-state index contributed by atoms with van der Waals surface area (Å²) in [7, 11) is 0. The van der Waals surface area contributed by atoms with Crippen LogP contribution in [-0.2, 0) is 6.54 Å². The molecule has 1 unspecified atom stereocenters. The fourth-order valence-electron chi connectivity index (χ4n) is 2.04. The molecule has 0 aliphatic carbocycles. The predicted octanol–water partition coefficient (Wildman–Crippen LogP) is 4.06. The average Bonchev–Trinajstić information content (AvgIpc) is 2.33. The molecule has 0 saturated heterocycles. The first-order valence-corrected chi connectivity index (χ1v) is 7.14. The molecule has 0 aromatic heterocycles. The van der Waals surface area contributed by atoms with Gasteiger partial charge in [-0.05, 0) is 39.3 Å². The predicted molar refractivity (Wildman–Crippen MR) is 78.2 cm³/mol. The highest BCUT2D eigenvalue weighted by atomic mass is 16.5. The van der Waals surface area contributed by atoms with Crippen LogP contribution in [0.3, 0.4) is 0 Å². The number of nitrogens with one attached hydrogen (secondary N) is 1. The lowest BCUT2D eigenvalue weighted by Crippen LogP contribution is -2.17. The molecule has 2 heteroatoms. The molecule has 0 radical (unpaired) electrons. The van der Waals surface area contributed by atoms with Gasteiger partial charge in [0.25, 0.3) is 0 Å². The Bertz CT molecular complexity index is 349. The van der Waals surface area contributed by atoms with Crippen LogP contribution in [0.4, 0.5) is 0 Å². The Morgan fingerprint density at radius 1 is 1.22 bits per heavy atom.